The molecule has 2 unspecified atom stereocenters. The quantitative estimate of drug-likeness (QED) is 0.160. The first-order chi connectivity index (χ1) is 11.9. The molecular formula is C15H28N6O3S. The molecule has 3 amide bonds. The summed E-state index contributed by atoms with van der Waals surface area (Å²) in [6.07, 6.45) is 1.47. The van der Waals surface area contributed by atoms with Crippen molar-refractivity contribution in [1.82, 2.24) is 15.5 Å². The maximum Gasteiger partial charge on any atom is 0.242 e. The standard InChI is InChI=1S/C15H28N6O3S/c1-3-21-12(22)9-11(14(21)24)25-8-7-19-13(23)10(16)5-4-6-20-15(17)18-2/h10-11H,3-9,16H2,1-2H3,(H,19,23)(H3,17,18,20). The molecule has 25 heavy (non-hydrogen) atoms. The van der Waals surface area contributed by atoms with E-state index in [2.05, 4.69) is 15.6 Å². The van der Waals surface area contributed by atoms with E-state index in [-0.39, 0.29) is 29.4 Å². The highest BCUT2D eigenvalue weighted by molar-refractivity contribution is 8.00. The number of aliphatic imine (C=N–C) groups is 1. The van der Waals surface area contributed by atoms with Gasteiger partial charge in [-0.25, -0.2) is 0 Å². The number of carbonyl (C=O) groups excluding carboxylic acids is 3. The molecule has 0 aromatic heterocycles. The molecule has 9 nitrogen and oxygen atoms in total. The lowest BCUT2D eigenvalue weighted by molar-refractivity contribution is -0.137. The zero-order valence-corrected chi connectivity index (χ0v) is 15.6. The van der Waals surface area contributed by atoms with E-state index in [9.17, 15) is 14.4 Å². The van der Waals surface area contributed by atoms with Gasteiger partial charge in [0.15, 0.2) is 5.96 Å². The van der Waals surface area contributed by atoms with Gasteiger partial charge >= 0.3 is 0 Å². The van der Waals surface area contributed by atoms with Crippen LogP contribution >= 0.6 is 11.8 Å². The first kappa shape index (κ1) is 21.2. The molecule has 0 radical (unpaired) electrons. The number of carbonyl (C=O) groups is 3. The van der Waals surface area contributed by atoms with Gasteiger partial charge in [0.1, 0.15) is 0 Å². The van der Waals surface area contributed by atoms with Crippen LogP contribution in [0.15, 0.2) is 4.99 Å². The van der Waals surface area contributed by atoms with Crippen LogP contribution in [0.5, 0.6) is 0 Å². The second-order valence-electron chi connectivity index (χ2n) is 5.62. The van der Waals surface area contributed by atoms with Crippen LogP contribution in [0.1, 0.15) is 26.2 Å². The second-order valence-corrected chi connectivity index (χ2v) is 6.93. The number of hydrogen-bond acceptors (Lipinski definition) is 6. The summed E-state index contributed by atoms with van der Waals surface area (Å²) in [5, 5.41) is 5.32. The summed E-state index contributed by atoms with van der Waals surface area (Å²) in [7, 11) is 1.59. The topological polar surface area (TPSA) is 143 Å². The zero-order chi connectivity index (χ0) is 18.8. The number of hydrogen-bond donors (Lipinski definition) is 4. The minimum Gasteiger partial charge on any atom is -0.370 e. The minimum absolute atomic E-state index is 0.126. The molecule has 1 aliphatic rings. The van der Waals surface area contributed by atoms with Gasteiger partial charge in [0.25, 0.3) is 0 Å². The summed E-state index contributed by atoms with van der Waals surface area (Å²) in [6.45, 7) is 3.20. The van der Waals surface area contributed by atoms with Crippen LogP contribution in [0.25, 0.3) is 0 Å². The first-order valence-electron chi connectivity index (χ1n) is 8.35. The van der Waals surface area contributed by atoms with Gasteiger partial charge in [-0.1, -0.05) is 0 Å². The normalized spacial score (nSPS) is 19.2. The van der Waals surface area contributed by atoms with E-state index in [0.29, 0.717) is 44.2 Å². The van der Waals surface area contributed by atoms with Crippen LogP contribution in [0.3, 0.4) is 0 Å². The molecule has 0 aromatic rings. The Morgan fingerprint density at radius 1 is 1.40 bits per heavy atom. The molecule has 10 heteroatoms. The van der Waals surface area contributed by atoms with Crippen molar-refractivity contribution in [3.8, 4) is 0 Å². The van der Waals surface area contributed by atoms with E-state index in [1.807, 2.05) is 0 Å². The molecule has 142 valence electrons. The van der Waals surface area contributed by atoms with Crippen molar-refractivity contribution in [2.24, 2.45) is 16.5 Å². The molecule has 1 fully saturated rings. The second kappa shape index (κ2) is 10.9. The maximum absolute atomic E-state index is 12.0. The first-order valence-corrected chi connectivity index (χ1v) is 9.40. The molecule has 2 atom stereocenters. The summed E-state index contributed by atoms with van der Waals surface area (Å²) in [5.41, 5.74) is 11.3. The third-order valence-electron chi connectivity index (χ3n) is 3.81. The Morgan fingerprint density at radius 2 is 2.12 bits per heavy atom. The summed E-state index contributed by atoms with van der Waals surface area (Å²) < 4.78 is 0. The van der Waals surface area contributed by atoms with Crippen molar-refractivity contribution < 1.29 is 14.4 Å². The molecule has 0 bridgehead atoms. The highest BCUT2D eigenvalue weighted by Gasteiger charge is 2.37. The van der Waals surface area contributed by atoms with E-state index in [1.165, 1.54) is 16.7 Å². The Balaban J connectivity index is 2.16. The molecule has 0 aromatic carbocycles. The molecule has 1 saturated heterocycles. The Labute approximate surface area is 152 Å². The fourth-order valence-electron chi connectivity index (χ4n) is 2.37. The number of guanidine groups is 1. The van der Waals surface area contributed by atoms with Crippen LogP contribution in [-0.2, 0) is 14.4 Å². The summed E-state index contributed by atoms with van der Waals surface area (Å²) in [4.78, 5) is 40.5. The third kappa shape index (κ3) is 6.91. The minimum atomic E-state index is -0.586. The van der Waals surface area contributed by atoms with Gasteiger partial charge in [-0.05, 0) is 19.8 Å². The SMILES string of the molecule is CCN1C(=O)CC(SCCNC(=O)C(N)CCCNC(N)=NC)C1=O. The molecule has 1 heterocycles. The largest absolute Gasteiger partial charge is 0.370 e. The number of nitrogens with one attached hydrogen (secondary N) is 2. The highest BCUT2D eigenvalue weighted by Crippen LogP contribution is 2.24. The predicted octanol–water partition coefficient (Wildman–Crippen LogP) is -1.38. The molecule has 6 N–H and O–H groups in total. The van der Waals surface area contributed by atoms with Crippen LogP contribution in [0.2, 0.25) is 0 Å². The predicted molar refractivity (Wildman–Crippen MR) is 99.0 cm³/mol. The molecule has 0 spiro atoms. The van der Waals surface area contributed by atoms with Gasteiger partial charge in [0.05, 0.1) is 11.3 Å². The van der Waals surface area contributed by atoms with Crippen LogP contribution < -0.4 is 22.1 Å². The van der Waals surface area contributed by atoms with E-state index in [4.69, 9.17) is 11.5 Å². The van der Waals surface area contributed by atoms with Gasteiger partial charge in [-0.3, -0.25) is 24.3 Å². The Kier molecular flexibility index (Phi) is 9.28. The van der Waals surface area contributed by atoms with Crippen molar-refractivity contribution >= 4 is 35.4 Å². The number of imide groups is 1. The Morgan fingerprint density at radius 3 is 2.72 bits per heavy atom. The summed E-state index contributed by atoms with van der Waals surface area (Å²) in [6, 6.07) is -0.586. The lowest BCUT2D eigenvalue weighted by atomic mass is 10.1. The van der Waals surface area contributed by atoms with Crippen LogP contribution in [0, 0.1) is 0 Å². The van der Waals surface area contributed by atoms with Gasteiger partial charge in [-0.15, -0.1) is 11.8 Å². The van der Waals surface area contributed by atoms with E-state index in [0.717, 1.165) is 0 Å². The number of nitrogens with zero attached hydrogens (tertiary/aromatic N) is 2. The van der Waals surface area contributed by atoms with E-state index < -0.39 is 6.04 Å². The average molecular weight is 372 g/mol. The smallest absolute Gasteiger partial charge is 0.242 e. The average Bonchev–Trinajstić information content (AvgIpc) is 2.87. The fourth-order valence-corrected chi connectivity index (χ4v) is 3.40. The summed E-state index contributed by atoms with van der Waals surface area (Å²) in [5.74, 6) is 0.435. The molecule has 0 aliphatic carbocycles. The van der Waals surface area contributed by atoms with E-state index in [1.54, 1.807) is 14.0 Å². The van der Waals surface area contributed by atoms with Crippen LogP contribution in [0.4, 0.5) is 0 Å². The van der Waals surface area contributed by atoms with Gasteiger partial charge < -0.3 is 22.1 Å². The monoisotopic (exact) mass is 372 g/mol. The number of rotatable bonds is 10. The lowest BCUT2D eigenvalue weighted by Gasteiger charge is -2.14. The van der Waals surface area contributed by atoms with Crippen molar-refractivity contribution in [3.05, 3.63) is 0 Å². The molecular weight excluding hydrogens is 344 g/mol. The highest BCUT2D eigenvalue weighted by atomic mass is 32.2. The van der Waals surface area contributed by atoms with Gasteiger partial charge in [0, 0.05) is 38.9 Å². The Hall–Kier alpha value is -1.81. The number of amides is 3. The number of thioether (sulfide) groups is 1. The molecule has 0 saturated carbocycles. The van der Waals surface area contributed by atoms with Gasteiger partial charge in [-0.2, -0.15) is 0 Å². The third-order valence-corrected chi connectivity index (χ3v) is 5.03. The molecule has 1 aliphatic heterocycles. The van der Waals surface area contributed by atoms with Crippen LogP contribution in [-0.4, -0.2) is 72.3 Å². The molecule has 1 rings (SSSR count). The van der Waals surface area contributed by atoms with Crippen molar-refractivity contribution in [1.29, 1.82) is 0 Å². The number of nitrogens with two attached hydrogens (primary N) is 2. The summed E-state index contributed by atoms with van der Waals surface area (Å²) >= 11 is 1.39. The number of likely N-dealkylation sites (tertiary alicyclic amines) is 1. The Bertz CT molecular complexity index is 513. The fraction of sp³-hybridized carbons (Fsp3) is 0.733. The zero-order valence-electron chi connectivity index (χ0n) is 14.8. The van der Waals surface area contributed by atoms with E-state index >= 15 is 0 Å². The van der Waals surface area contributed by atoms with Crippen molar-refractivity contribution in [3.63, 3.8) is 0 Å². The van der Waals surface area contributed by atoms with Crippen molar-refractivity contribution in [2.45, 2.75) is 37.5 Å². The maximum atomic E-state index is 12.0. The van der Waals surface area contributed by atoms with Crippen molar-refractivity contribution in [2.75, 3.05) is 32.4 Å². The lowest BCUT2D eigenvalue weighted by Crippen LogP contribution is -2.42. The van der Waals surface area contributed by atoms with Gasteiger partial charge in [0.2, 0.25) is 17.7 Å².